The van der Waals surface area contributed by atoms with E-state index in [1.807, 2.05) is 0 Å². The molecular formula is C49H37N. The van der Waals surface area contributed by atoms with Crippen LogP contribution in [0.5, 0.6) is 0 Å². The number of benzene rings is 8. The second-order valence-corrected chi connectivity index (χ2v) is 13.8. The first-order valence-corrected chi connectivity index (χ1v) is 17.4. The van der Waals surface area contributed by atoms with Crippen molar-refractivity contribution in [3.63, 3.8) is 0 Å². The Balaban J connectivity index is 1.18. The van der Waals surface area contributed by atoms with Gasteiger partial charge in [-0.3, -0.25) is 0 Å². The van der Waals surface area contributed by atoms with Gasteiger partial charge in [0.2, 0.25) is 0 Å². The van der Waals surface area contributed by atoms with Crippen LogP contribution in [0.25, 0.3) is 55.3 Å². The Morgan fingerprint density at radius 1 is 0.380 bits per heavy atom. The fraction of sp³-hybridized carbons (Fsp3) is 0.0612. The molecule has 0 bridgehead atoms. The molecule has 0 spiro atoms. The van der Waals surface area contributed by atoms with E-state index >= 15 is 0 Å². The first-order chi connectivity index (χ1) is 24.6. The van der Waals surface area contributed by atoms with Crippen molar-refractivity contribution in [2.24, 2.45) is 0 Å². The van der Waals surface area contributed by atoms with Gasteiger partial charge < -0.3 is 4.90 Å². The zero-order valence-electron chi connectivity index (χ0n) is 28.3. The summed E-state index contributed by atoms with van der Waals surface area (Å²) in [7, 11) is 0. The molecule has 0 amide bonds. The van der Waals surface area contributed by atoms with Crippen LogP contribution in [-0.2, 0) is 5.41 Å². The van der Waals surface area contributed by atoms with Crippen LogP contribution in [0.15, 0.2) is 188 Å². The van der Waals surface area contributed by atoms with Crippen LogP contribution >= 0.6 is 0 Å². The lowest BCUT2D eigenvalue weighted by Crippen LogP contribution is -2.16. The van der Waals surface area contributed by atoms with E-state index in [0.29, 0.717) is 0 Å². The first kappa shape index (κ1) is 29.9. The minimum atomic E-state index is -0.0817. The molecule has 0 atom stereocenters. The third-order valence-electron chi connectivity index (χ3n) is 10.5. The average Bonchev–Trinajstić information content (AvgIpc) is 3.42. The van der Waals surface area contributed by atoms with Crippen LogP contribution in [0.3, 0.4) is 0 Å². The number of anilines is 3. The normalized spacial score (nSPS) is 12.8. The number of hydrogen-bond acceptors (Lipinski definition) is 1. The molecule has 1 aliphatic carbocycles. The molecule has 0 fully saturated rings. The SMILES string of the molecule is CC1(C)c2ccccc2-c2c(N(c3ccc(-c4ccccc4)cc3)c3ccc(-c4cccc5ccc(-c6ccccc6)cc45)cc3)cccc21. The summed E-state index contributed by atoms with van der Waals surface area (Å²) < 4.78 is 0. The lowest BCUT2D eigenvalue weighted by atomic mass is 9.82. The molecule has 9 rings (SSSR count). The number of fused-ring (bicyclic) bond motifs is 4. The van der Waals surface area contributed by atoms with Gasteiger partial charge in [-0.1, -0.05) is 166 Å². The van der Waals surface area contributed by atoms with Crippen LogP contribution in [0.1, 0.15) is 25.0 Å². The predicted molar refractivity (Wildman–Crippen MR) is 213 cm³/mol. The lowest BCUT2D eigenvalue weighted by molar-refractivity contribution is 0.660. The summed E-state index contributed by atoms with van der Waals surface area (Å²) in [6.45, 7) is 4.70. The quantitative estimate of drug-likeness (QED) is 0.175. The second kappa shape index (κ2) is 12.1. The molecule has 1 nitrogen and oxygen atoms in total. The Bertz CT molecular complexity index is 2470. The Morgan fingerprint density at radius 2 is 0.900 bits per heavy atom. The van der Waals surface area contributed by atoms with E-state index in [2.05, 4.69) is 207 Å². The van der Waals surface area contributed by atoms with Crippen LogP contribution in [-0.4, -0.2) is 0 Å². The average molecular weight is 640 g/mol. The highest BCUT2D eigenvalue weighted by Gasteiger charge is 2.37. The summed E-state index contributed by atoms with van der Waals surface area (Å²) >= 11 is 0. The van der Waals surface area contributed by atoms with E-state index in [1.165, 1.54) is 72.1 Å². The molecule has 1 aliphatic rings. The molecule has 238 valence electrons. The molecule has 8 aromatic rings. The van der Waals surface area contributed by atoms with Gasteiger partial charge in [-0.25, -0.2) is 0 Å². The molecular weight excluding hydrogens is 603 g/mol. The van der Waals surface area contributed by atoms with E-state index in [1.54, 1.807) is 0 Å². The van der Waals surface area contributed by atoms with Gasteiger partial charge in [0.25, 0.3) is 0 Å². The number of nitrogens with zero attached hydrogens (tertiary/aromatic N) is 1. The van der Waals surface area contributed by atoms with Crippen molar-refractivity contribution >= 4 is 27.8 Å². The molecule has 0 N–H and O–H groups in total. The molecule has 0 aromatic heterocycles. The van der Waals surface area contributed by atoms with E-state index in [-0.39, 0.29) is 5.41 Å². The van der Waals surface area contributed by atoms with Crippen molar-refractivity contribution in [1.82, 2.24) is 0 Å². The Labute approximate surface area is 294 Å². The van der Waals surface area contributed by atoms with E-state index in [9.17, 15) is 0 Å². The maximum atomic E-state index is 2.44. The van der Waals surface area contributed by atoms with Crippen molar-refractivity contribution in [1.29, 1.82) is 0 Å². The van der Waals surface area contributed by atoms with Crippen molar-refractivity contribution in [3.05, 3.63) is 199 Å². The fourth-order valence-corrected chi connectivity index (χ4v) is 7.91. The van der Waals surface area contributed by atoms with Crippen LogP contribution in [0, 0.1) is 0 Å². The third-order valence-corrected chi connectivity index (χ3v) is 10.5. The largest absolute Gasteiger partial charge is 0.310 e. The summed E-state index contributed by atoms with van der Waals surface area (Å²) in [4.78, 5) is 2.44. The Hall–Kier alpha value is -6.18. The molecule has 0 saturated carbocycles. The van der Waals surface area contributed by atoms with E-state index < -0.39 is 0 Å². The summed E-state index contributed by atoms with van der Waals surface area (Å²) in [5.41, 5.74) is 16.1. The first-order valence-electron chi connectivity index (χ1n) is 17.4. The summed E-state index contributed by atoms with van der Waals surface area (Å²) in [6, 6.07) is 68.5. The van der Waals surface area contributed by atoms with Gasteiger partial charge in [-0.05, 0) is 97.2 Å². The van der Waals surface area contributed by atoms with Gasteiger partial charge in [-0.15, -0.1) is 0 Å². The van der Waals surface area contributed by atoms with Crippen LogP contribution < -0.4 is 4.90 Å². The zero-order chi connectivity index (χ0) is 33.7. The Kier molecular flexibility index (Phi) is 7.21. The molecule has 50 heavy (non-hydrogen) atoms. The van der Waals surface area contributed by atoms with Crippen LogP contribution in [0.2, 0.25) is 0 Å². The van der Waals surface area contributed by atoms with Crippen molar-refractivity contribution in [2.45, 2.75) is 19.3 Å². The smallest absolute Gasteiger partial charge is 0.0543 e. The predicted octanol–water partition coefficient (Wildman–Crippen LogP) is 13.6. The summed E-state index contributed by atoms with van der Waals surface area (Å²) in [5, 5.41) is 2.50. The fourth-order valence-electron chi connectivity index (χ4n) is 7.91. The highest BCUT2D eigenvalue weighted by molar-refractivity contribution is 6.00. The second-order valence-electron chi connectivity index (χ2n) is 13.8. The monoisotopic (exact) mass is 639 g/mol. The molecule has 1 heteroatoms. The topological polar surface area (TPSA) is 3.24 Å². The number of rotatable bonds is 6. The third kappa shape index (κ3) is 5.02. The van der Waals surface area contributed by atoms with Gasteiger partial charge in [0.1, 0.15) is 0 Å². The van der Waals surface area contributed by atoms with Crippen LogP contribution in [0.4, 0.5) is 17.1 Å². The minimum absolute atomic E-state index is 0.0817. The van der Waals surface area contributed by atoms with Crippen molar-refractivity contribution in [2.75, 3.05) is 4.90 Å². The van der Waals surface area contributed by atoms with E-state index in [4.69, 9.17) is 0 Å². The maximum Gasteiger partial charge on any atom is 0.0543 e. The minimum Gasteiger partial charge on any atom is -0.310 e. The standard InChI is InChI=1S/C49H37N/c1-49(2)45-20-10-9-18-43(45)48-46(49)21-12-22-47(48)50(40-29-25-36(26-30-40)34-13-5-3-6-14-34)41-31-27-38(28-32-41)42-19-11-17-37-23-24-39(33-44(37)42)35-15-7-4-8-16-35/h3-33H,1-2H3. The van der Waals surface area contributed by atoms with Crippen molar-refractivity contribution in [3.8, 4) is 44.5 Å². The van der Waals surface area contributed by atoms with Gasteiger partial charge in [0, 0.05) is 22.4 Å². The highest BCUT2D eigenvalue weighted by Crippen LogP contribution is 2.54. The molecule has 8 aromatic carbocycles. The maximum absolute atomic E-state index is 2.44. The van der Waals surface area contributed by atoms with Gasteiger partial charge in [0.05, 0.1) is 5.69 Å². The van der Waals surface area contributed by atoms with Gasteiger partial charge >= 0.3 is 0 Å². The van der Waals surface area contributed by atoms with E-state index in [0.717, 1.165) is 11.4 Å². The molecule has 0 heterocycles. The zero-order valence-corrected chi connectivity index (χ0v) is 28.3. The molecule has 0 unspecified atom stereocenters. The lowest BCUT2D eigenvalue weighted by Gasteiger charge is -2.29. The number of hydrogen-bond donors (Lipinski definition) is 0. The summed E-state index contributed by atoms with van der Waals surface area (Å²) in [5.74, 6) is 0. The summed E-state index contributed by atoms with van der Waals surface area (Å²) in [6.07, 6.45) is 0. The molecule has 0 saturated heterocycles. The van der Waals surface area contributed by atoms with Crippen molar-refractivity contribution < 1.29 is 0 Å². The van der Waals surface area contributed by atoms with Gasteiger partial charge in [-0.2, -0.15) is 0 Å². The Morgan fingerprint density at radius 3 is 1.60 bits per heavy atom. The molecule has 0 radical (unpaired) electrons. The highest BCUT2D eigenvalue weighted by atomic mass is 15.1. The van der Waals surface area contributed by atoms with Gasteiger partial charge in [0.15, 0.2) is 0 Å². The molecule has 0 aliphatic heterocycles.